The monoisotopic (exact) mass is 528 g/mol. The lowest BCUT2D eigenvalue weighted by Gasteiger charge is -2.15. The van der Waals surface area contributed by atoms with Crippen LogP contribution in [0.25, 0.3) is 0 Å². The highest BCUT2D eigenvalue weighted by molar-refractivity contribution is 5.75. The van der Waals surface area contributed by atoms with Gasteiger partial charge < -0.3 is 40.1 Å². The smallest absolute Gasteiger partial charge is 0.335 e. The van der Waals surface area contributed by atoms with Crippen molar-refractivity contribution in [2.24, 2.45) is 0 Å². The Morgan fingerprint density at radius 2 is 1.05 bits per heavy atom. The van der Waals surface area contributed by atoms with Crippen molar-refractivity contribution in [3.05, 3.63) is 70.3 Å². The molecule has 6 N–H and O–H groups in total. The summed E-state index contributed by atoms with van der Waals surface area (Å²) in [6, 6.07) is 7.76. The van der Waals surface area contributed by atoms with E-state index in [1.165, 1.54) is 36.4 Å². The number of hydrogen-bond donors (Lipinski definition) is 6. The average Bonchev–Trinajstić information content (AvgIpc) is 2.87. The Hall–Kier alpha value is -4.42. The number of carbonyl (C=O) groups excluding carboxylic acids is 2. The van der Waals surface area contributed by atoms with Gasteiger partial charge >= 0.3 is 11.9 Å². The quantitative estimate of drug-likeness (QED) is 0.163. The van der Waals surface area contributed by atoms with Crippen LogP contribution in [0.3, 0.4) is 0 Å². The number of ether oxygens (including phenoxy) is 2. The van der Waals surface area contributed by atoms with E-state index in [0.717, 1.165) is 0 Å². The molecule has 2 atom stereocenters. The number of phenols is 4. The fourth-order valence-electron chi connectivity index (χ4n) is 3.40. The number of benzene rings is 2. The molecule has 0 amide bonds. The summed E-state index contributed by atoms with van der Waals surface area (Å²) in [5.74, 6) is -3.38. The topological polar surface area (TPSA) is 200 Å². The van der Waals surface area contributed by atoms with Gasteiger partial charge in [-0.15, -0.1) is 0 Å². The third-order valence-electron chi connectivity index (χ3n) is 5.65. The van der Waals surface area contributed by atoms with Crippen LogP contribution in [0.4, 0.5) is 0 Å². The highest BCUT2D eigenvalue weighted by atomic mass is 16.6. The number of aliphatic hydroxyl groups is 2. The molecule has 0 radical (unpaired) electrons. The Kier molecular flexibility index (Phi) is 9.05. The molecular formula is C26H28N2O10. The van der Waals surface area contributed by atoms with Crippen molar-refractivity contribution in [1.82, 2.24) is 9.97 Å². The fraction of sp³-hybridized carbons (Fsp3) is 0.308. The summed E-state index contributed by atoms with van der Waals surface area (Å²) in [5.41, 5.74) is 2.23. The molecule has 2 unspecified atom stereocenters. The maximum atomic E-state index is 12.3. The van der Waals surface area contributed by atoms with E-state index in [9.17, 15) is 40.2 Å². The Bertz CT molecular complexity index is 1230. The first-order chi connectivity index (χ1) is 17.9. The molecule has 0 fully saturated rings. The average molecular weight is 529 g/mol. The Labute approximate surface area is 217 Å². The van der Waals surface area contributed by atoms with Gasteiger partial charge in [0.2, 0.25) is 0 Å². The predicted octanol–water partition coefficient (Wildman–Crippen LogP) is 1.21. The molecular weight excluding hydrogens is 500 g/mol. The zero-order valence-corrected chi connectivity index (χ0v) is 20.7. The van der Waals surface area contributed by atoms with Crippen LogP contribution in [-0.4, -0.2) is 64.8 Å². The summed E-state index contributed by atoms with van der Waals surface area (Å²) < 4.78 is 10.3. The number of carbonyl (C=O) groups is 2. The molecule has 0 aliphatic heterocycles. The van der Waals surface area contributed by atoms with Crippen LogP contribution >= 0.6 is 0 Å². The molecule has 0 saturated carbocycles. The number of hydrogen-bond acceptors (Lipinski definition) is 12. The van der Waals surface area contributed by atoms with Gasteiger partial charge in [0.05, 0.1) is 11.4 Å². The normalized spacial score (nSPS) is 12.5. The molecule has 38 heavy (non-hydrogen) atoms. The van der Waals surface area contributed by atoms with E-state index in [2.05, 4.69) is 9.97 Å². The van der Waals surface area contributed by atoms with Gasteiger partial charge in [-0.1, -0.05) is 12.1 Å². The van der Waals surface area contributed by atoms with E-state index in [1.807, 2.05) is 0 Å². The second-order valence-corrected chi connectivity index (χ2v) is 8.59. The summed E-state index contributed by atoms with van der Waals surface area (Å²) in [4.78, 5) is 33.3. The SMILES string of the molecule is Cc1nc(COC(=O)C(O)Cc2ccc(O)c(O)c2)c(COC(=O)C(O)Cc2ccc(O)c(O)c2)nc1C. The summed E-state index contributed by atoms with van der Waals surface area (Å²) in [6.07, 6.45) is -3.47. The lowest BCUT2D eigenvalue weighted by Crippen LogP contribution is -2.27. The Balaban J connectivity index is 1.61. The molecule has 12 nitrogen and oxygen atoms in total. The first-order valence-electron chi connectivity index (χ1n) is 11.5. The van der Waals surface area contributed by atoms with Crippen LogP contribution < -0.4 is 0 Å². The van der Waals surface area contributed by atoms with Gasteiger partial charge in [0.15, 0.2) is 35.2 Å². The van der Waals surface area contributed by atoms with Gasteiger partial charge in [0.1, 0.15) is 24.6 Å². The fourth-order valence-corrected chi connectivity index (χ4v) is 3.40. The van der Waals surface area contributed by atoms with Crippen LogP contribution in [0.5, 0.6) is 23.0 Å². The molecule has 0 aliphatic carbocycles. The van der Waals surface area contributed by atoms with E-state index in [-0.39, 0.29) is 60.4 Å². The zero-order valence-electron chi connectivity index (χ0n) is 20.7. The maximum absolute atomic E-state index is 12.3. The van der Waals surface area contributed by atoms with Crippen LogP contribution in [0, 0.1) is 13.8 Å². The third-order valence-corrected chi connectivity index (χ3v) is 5.65. The molecule has 0 aliphatic rings. The van der Waals surface area contributed by atoms with Crippen molar-refractivity contribution in [2.75, 3.05) is 0 Å². The van der Waals surface area contributed by atoms with Gasteiger partial charge in [-0.25, -0.2) is 9.59 Å². The number of esters is 2. The second-order valence-electron chi connectivity index (χ2n) is 8.59. The van der Waals surface area contributed by atoms with E-state index in [0.29, 0.717) is 22.5 Å². The Morgan fingerprint density at radius 1 is 0.684 bits per heavy atom. The van der Waals surface area contributed by atoms with Crippen molar-refractivity contribution in [2.45, 2.75) is 52.1 Å². The Morgan fingerprint density at radius 3 is 1.39 bits per heavy atom. The zero-order chi connectivity index (χ0) is 28.0. The number of nitrogens with zero attached hydrogens (tertiary/aromatic N) is 2. The summed E-state index contributed by atoms with van der Waals surface area (Å²) >= 11 is 0. The lowest BCUT2D eigenvalue weighted by atomic mass is 10.1. The van der Waals surface area contributed by atoms with E-state index in [1.54, 1.807) is 13.8 Å². The van der Waals surface area contributed by atoms with Gasteiger partial charge in [-0.3, -0.25) is 9.97 Å². The van der Waals surface area contributed by atoms with Crippen LogP contribution in [0.1, 0.15) is 33.9 Å². The van der Waals surface area contributed by atoms with E-state index >= 15 is 0 Å². The molecule has 0 saturated heterocycles. The van der Waals surface area contributed by atoms with Crippen molar-refractivity contribution < 1.29 is 49.7 Å². The number of phenolic OH excluding ortho intramolecular Hbond substituents is 4. The molecule has 3 rings (SSSR count). The van der Waals surface area contributed by atoms with Gasteiger partial charge in [0.25, 0.3) is 0 Å². The lowest BCUT2D eigenvalue weighted by molar-refractivity contribution is -0.156. The standard InChI is InChI=1S/C26H28N2O10/c1-13-14(2)28-18(12-38-26(36)24(34)10-16-4-6-20(30)22(32)8-16)17(27-13)11-37-25(35)23(33)9-15-3-5-19(29)21(31)7-15/h3-8,23-24,29-34H,9-12H2,1-2H3. The minimum absolute atomic E-state index is 0.174. The molecule has 0 bridgehead atoms. The highest BCUT2D eigenvalue weighted by Gasteiger charge is 2.22. The minimum Gasteiger partial charge on any atom is -0.504 e. The van der Waals surface area contributed by atoms with Crippen LogP contribution in [0.2, 0.25) is 0 Å². The number of aryl methyl sites for hydroxylation is 2. The van der Waals surface area contributed by atoms with Crippen molar-refractivity contribution in [3.8, 4) is 23.0 Å². The molecule has 202 valence electrons. The van der Waals surface area contributed by atoms with Gasteiger partial charge in [-0.2, -0.15) is 0 Å². The first kappa shape index (κ1) is 28.2. The van der Waals surface area contributed by atoms with Crippen molar-refractivity contribution >= 4 is 11.9 Å². The largest absolute Gasteiger partial charge is 0.504 e. The van der Waals surface area contributed by atoms with E-state index < -0.39 is 24.1 Å². The molecule has 3 aromatic rings. The number of aromatic hydroxyl groups is 4. The molecule has 1 heterocycles. The van der Waals surface area contributed by atoms with Crippen molar-refractivity contribution in [1.29, 1.82) is 0 Å². The molecule has 0 spiro atoms. The predicted molar refractivity (Wildman–Crippen MR) is 130 cm³/mol. The number of aliphatic hydroxyl groups excluding tert-OH is 2. The number of aromatic nitrogens is 2. The molecule has 1 aromatic heterocycles. The van der Waals surface area contributed by atoms with Gasteiger partial charge in [-0.05, 0) is 49.2 Å². The maximum Gasteiger partial charge on any atom is 0.335 e. The molecule has 2 aromatic carbocycles. The van der Waals surface area contributed by atoms with Crippen molar-refractivity contribution in [3.63, 3.8) is 0 Å². The second kappa shape index (κ2) is 12.2. The molecule has 12 heteroatoms. The third kappa shape index (κ3) is 7.31. The minimum atomic E-state index is -1.56. The van der Waals surface area contributed by atoms with Crippen LogP contribution in [-0.2, 0) is 45.1 Å². The van der Waals surface area contributed by atoms with E-state index in [4.69, 9.17) is 9.47 Å². The summed E-state index contributed by atoms with van der Waals surface area (Å²) in [6.45, 7) is 2.61. The first-order valence-corrected chi connectivity index (χ1v) is 11.5. The number of rotatable bonds is 10. The van der Waals surface area contributed by atoms with Gasteiger partial charge in [0, 0.05) is 12.8 Å². The summed E-state index contributed by atoms with van der Waals surface area (Å²) in [5, 5.41) is 58.3. The highest BCUT2D eigenvalue weighted by Crippen LogP contribution is 2.26. The van der Waals surface area contributed by atoms with Crippen LogP contribution in [0.15, 0.2) is 36.4 Å². The summed E-state index contributed by atoms with van der Waals surface area (Å²) in [7, 11) is 0.